The molecule has 2 N–H and O–H groups in total. The van der Waals surface area contributed by atoms with Gasteiger partial charge in [-0.2, -0.15) is 5.10 Å². The van der Waals surface area contributed by atoms with Crippen molar-refractivity contribution in [1.29, 1.82) is 0 Å². The first-order valence-electron chi connectivity index (χ1n) is 4.85. The van der Waals surface area contributed by atoms with E-state index in [1.165, 1.54) is 19.2 Å². The van der Waals surface area contributed by atoms with Gasteiger partial charge in [0.05, 0.1) is 17.8 Å². The van der Waals surface area contributed by atoms with Crippen LogP contribution in [0.3, 0.4) is 0 Å². The molecule has 0 saturated carbocycles. The summed E-state index contributed by atoms with van der Waals surface area (Å²) in [5.74, 6) is -0.703. The second-order valence-corrected chi connectivity index (χ2v) is 4.28. The van der Waals surface area contributed by atoms with Crippen molar-refractivity contribution in [2.45, 2.75) is 0 Å². The highest BCUT2D eigenvalue weighted by molar-refractivity contribution is 6.36. The van der Waals surface area contributed by atoms with Crippen molar-refractivity contribution in [1.82, 2.24) is 10.2 Å². The molecule has 2 rings (SSSR count). The molecule has 0 amide bonds. The minimum Gasteiger partial charge on any atom is -0.494 e. The summed E-state index contributed by atoms with van der Waals surface area (Å²) in [7, 11) is 1.46. The molecule has 0 aliphatic heterocycles. The van der Waals surface area contributed by atoms with Crippen LogP contribution in [0.2, 0.25) is 10.0 Å². The third kappa shape index (κ3) is 2.27. The molecule has 0 aliphatic rings. The largest absolute Gasteiger partial charge is 0.494 e. The van der Waals surface area contributed by atoms with E-state index in [1.54, 1.807) is 6.07 Å². The molecule has 94 valence electrons. The molecule has 5 nitrogen and oxygen atoms in total. The number of carbonyl (C=O) groups is 1. The van der Waals surface area contributed by atoms with Gasteiger partial charge in [0.1, 0.15) is 11.4 Å². The third-order valence-electron chi connectivity index (χ3n) is 2.30. The molecule has 0 unspecified atom stereocenters. The highest BCUT2D eigenvalue weighted by Gasteiger charge is 2.16. The zero-order valence-corrected chi connectivity index (χ0v) is 10.7. The number of nitrogens with one attached hydrogen (secondary N) is 1. The van der Waals surface area contributed by atoms with Crippen molar-refractivity contribution in [3.63, 3.8) is 0 Å². The van der Waals surface area contributed by atoms with Crippen LogP contribution < -0.4 is 4.74 Å². The Bertz CT molecular complexity index is 610. The Balaban J connectivity index is 2.58. The van der Waals surface area contributed by atoms with Crippen LogP contribution in [0.5, 0.6) is 5.75 Å². The maximum Gasteiger partial charge on any atom is 0.353 e. The van der Waals surface area contributed by atoms with Crippen molar-refractivity contribution < 1.29 is 14.6 Å². The summed E-state index contributed by atoms with van der Waals surface area (Å²) < 4.78 is 5.16. The monoisotopic (exact) mass is 286 g/mol. The predicted octanol–water partition coefficient (Wildman–Crippen LogP) is 3.09. The molecule has 0 radical (unpaired) electrons. The highest BCUT2D eigenvalue weighted by Crippen LogP contribution is 2.38. The van der Waals surface area contributed by atoms with Gasteiger partial charge in [-0.15, -0.1) is 0 Å². The molecule has 0 saturated heterocycles. The zero-order valence-electron chi connectivity index (χ0n) is 9.20. The van der Waals surface area contributed by atoms with Crippen LogP contribution in [0, 0.1) is 0 Å². The molecule has 1 aromatic carbocycles. The SMILES string of the molecule is COc1c(Cl)cc(Cl)cc1-c1cc(C(=O)O)[nH]n1. The molecular weight excluding hydrogens is 279 g/mol. The van der Waals surface area contributed by atoms with Crippen LogP contribution in [-0.2, 0) is 0 Å². The van der Waals surface area contributed by atoms with E-state index in [9.17, 15) is 4.79 Å². The average Bonchev–Trinajstić information content (AvgIpc) is 2.77. The van der Waals surface area contributed by atoms with Crippen LogP contribution in [0.1, 0.15) is 10.5 Å². The van der Waals surface area contributed by atoms with E-state index in [1.807, 2.05) is 0 Å². The number of ether oxygens (including phenoxy) is 1. The molecule has 0 atom stereocenters. The van der Waals surface area contributed by atoms with Crippen molar-refractivity contribution in [3.8, 4) is 17.0 Å². The lowest BCUT2D eigenvalue weighted by molar-refractivity contribution is 0.0690. The summed E-state index contributed by atoms with van der Waals surface area (Å²) in [6.45, 7) is 0. The first-order chi connectivity index (χ1) is 8.52. The minimum atomic E-state index is -1.10. The van der Waals surface area contributed by atoms with Crippen LogP contribution in [0.15, 0.2) is 18.2 Å². The normalized spacial score (nSPS) is 10.4. The minimum absolute atomic E-state index is 0.0249. The van der Waals surface area contributed by atoms with E-state index in [2.05, 4.69) is 10.2 Å². The van der Waals surface area contributed by atoms with Gasteiger partial charge < -0.3 is 9.84 Å². The second-order valence-electron chi connectivity index (χ2n) is 3.44. The molecule has 1 aromatic heterocycles. The molecule has 0 spiro atoms. The Morgan fingerprint density at radius 3 is 2.67 bits per heavy atom. The summed E-state index contributed by atoms with van der Waals surface area (Å²) in [4.78, 5) is 10.8. The molecule has 0 fully saturated rings. The van der Waals surface area contributed by atoms with Crippen LogP contribution >= 0.6 is 23.2 Å². The molecule has 1 heterocycles. The second kappa shape index (κ2) is 4.88. The maximum absolute atomic E-state index is 10.8. The fourth-order valence-electron chi connectivity index (χ4n) is 1.53. The van der Waals surface area contributed by atoms with E-state index in [4.69, 9.17) is 33.0 Å². The Morgan fingerprint density at radius 2 is 2.11 bits per heavy atom. The average molecular weight is 287 g/mol. The molecule has 2 aromatic rings. The molecule has 7 heteroatoms. The summed E-state index contributed by atoms with van der Waals surface area (Å²) in [6, 6.07) is 4.52. The topological polar surface area (TPSA) is 75.2 Å². The number of halogens is 2. The number of aromatic carboxylic acids is 1. The Kier molecular flexibility index (Phi) is 3.45. The summed E-state index contributed by atoms with van der Waals surface area (Å²) in [5.41, 5.74) is 0.899. The molecule has 18 heavy (non-hydrogen) atoms. The van der Waals surface area contributed by atoms with Crippen LogP contribution in [-0.4, -0.2) is 28.4 Å². The van der Waals surface area contributed by atoms with Gasteiger partial charge in [0.15, 0.2) is 0 Å². The number of carboxylic acids is 1. The summed E-state index contributed by atoms with van der Waals surface area (Å²) >= 11 is 11.9. The number of hydrogen-bond donors (Lipinski definition) is 2. The van der Waals surface area contributed by atoms with Crippen molar-refractivity contribution in [2.24, 2.45) is 0 Å². The van der Waals surface area contributed by atoms with Gasteiger partial charge in [-0.3, -0.25) is 5.10 Å². The molecular formula is C11H8Cl2N2O3. The maximum atomic E-state index is 10.8. The number of nitrogens with zero attached hydrogens (tertiary/aromatic N) is 1. The van der Waals surface area contributed by atoms with E-state index in [0.717, 1.165) is 0 Å². The van der Waals surface area contributed by atoms with E-state index in [-0.39, 0.29) is 5.69 Å². The number of aromatic amines is 1. The summed E-state index contributed by atoms with van der Waals surface area (Å²) in [5, 5.41) is 15.9. The van der Waals surface area contributed by atoms with E-state index >= 15 is 0 Å². The van der Waals surface area contributed by atoms with Crippen LogP contribution in [0.25, 0.3) is 11.3 Å². The first-order valence-corrected chi connectivity index (χ1v) is 5.60. The fraction of sp³-hybridized carbons (Fsp3) is 0.0909. The lowest BCUT2D eigenvalue weighted by Crippen LogP contribution is -1.95. The smallest absolute Gasteiger partial charge is 0.353 e. The number of H-pyrrole nitrogens is 1. The molecule has 0 aliphatic carbocycles. The van der Waals surface area contributed by atoms with Crippen LogP contribution in [0.4, 0.5) is 0 Å². The van der Waals surface area contributed by atoms with Gasteiger partial charge in [-0.25, -0.2) is 4.79 Å². The Hall–Kier alpha value is -1.72. The van der Waals surface area contributed by atoms with Gasteiger partial charge in [0.2, 0.25) is 0 Å². The van der Waals surface area contributed by atoms with Crippen molar-refractivity contribution in [2.75, 3.05) is 7.11 Å². The highest BCUT2D eigenvalue weighted by atomic mass is 35.5. The number of methoxy groups -OCH3 is 1. The number of rotatable bonds is 3. The predicted molar refractivity (Wildman–Crippen MR) is 67.6 cm³/mol. The van der Waals surface area contributed by atoms with Gasteiger partial charge >= 0.3 is 5.97 Å². The number of benzene rings is 1. The van der Waals surface area contributed by atoms with Gasteiger partial charge in [-0.1, -0.05) is 23.2 Å². The van der Waals surface area contributed by atoms with Crippen molar-refractivity contribution >= 4 is 29.2 Å². The number of carboxylic acid groups (broad SMARTS) is 1. The first kappa shape index (κ1) is 12.7. The van der Waals surface area contributed by atoms with E-state index < -0.39 is 5.97 Å². The number of aromatic nitrogens is 2. The van der Waals surface area contributed by atoms with E-state index in [0.29, 0.717) is 27.1 Å². The van der Waals surface area contributed by atoms with Gasteiger partial charge in [0.25, 0.3) is 0 Å². The molecule has 0 bridgehead atoms. The van der Waals surface area contributed by atoms with Gasteiger partial charge in [-0.05, 0) is 18.2 Å². The Labute approximate surface area is 112 Å². The van der Waals surface area contributed by atoms with Crippen molar-refractivity contribution in [3.05, 3.63) is 33.9 Å². The third-order valence-corrected chi connectivity index (χ3v) is 2.80. The standard InChI is InChI=1S/C11H8Cl2N2O3/c1-18-10-6(2-5(12)3-7(10)13)8-4-9(11(16)17)15-14-8/h2-4H,1H3,(H,14,15)(H,16,17). The lowest BCUT2D eigenvalue weighted by Gasteiger charge is -2.08. The lowest BCUT2D eigenvalue weighted by atomic mass is 10.1. The van der Waals surface area contributed by atoms with Gasteiger partial charge in [0, 0.05) is 10.6 Å². The number of hydrogen-bond acceptors (Lipinski definition) is 3. The zero-order chi connectivity index (χ0) is 13.3. The summed E-state index contributed by atoms with van der Waals surface area (Å²) in [6.07, 6.45) is 0. The fourth-order valence-corrected chi connectivity index (χ4v) is 2.10. The quantitative estimate of drug-likeness (QED) is 0.909. The Morgan fingerprint density at radius 1 is 1.39 bits per heavy atom.